The molecule has 0 aliphatic carbocycles. The molecule has 2 aromatic carbocycles. The Kier molecular flexibility index (Phi) is 5.68. The highest BCUT2D eigenvalue weighted by molar-refractivity contribution is 6.08. The Balaban J connectivity index is 2.33. The maximum absolute atomic E-state index is 11.3. The van der Waals surface area contributed by atoms with Crippen LogP contribution in [0.4, 0.5) is 5.69 Å². The van der Waals surface area contributed by atoms with Crippen LogP contribution < -0.4 is 4.74 Å². The minimum Gasteiger partial charge on any atom is -0.489 e. The number of ether oxygens (including phenoxy) is 1. The number of hydrogen-bond acceptors (Lipinski definition) is 5. The molecule has 0 spiro atoms. The number of benzene rings is 2. The minimum absolute atomic E-state index is 0.137. The quantitative estimate of drug-likeness (QED) is 0.338. The van der Waals surface area contributed by atoms with Crippen molar-refractivity contribution in [1.82, 2.24) is 4.90 Å². The number of carbonyl (C=O) groups is 1. The number of rotatable bonds is 7. The molecule has 0 bridgehead atoms. The van der Waals surface area contributed by atoms with Crippen molar-refractivity contribution in [2.45, 2.75) is 6.61 Å². The highest BCUT2D eigenvalue weighted by Crippen LogP contribution is 2.29. The summed E-state index contributed by atoms with van der Waals surface area (Å²) in [5.74, 6) is 0.464. The third-order valence-electron chi connectivity index (χ3n) is 3.25. The van der Waals surface area contributed by atoms with Gasteiger partial charge in [0.05, 0.1) is 10.5 Å². The molecule has 0 heterocycles. The van der Waals surface area contributed by atoms with Crippen LogP contribution in [0, 0.1) is 10.1 Å². The van der Waals surface area contributed by atoms with E-state index in [1.807, 2.05) is 30.3 Å². The van der Waals surface area contributed by atoms with E-state index in [0.29, 0.717) is 18.6 Å². The van der Waals surface area contributed by atoms with E-state index >= 15 is 0 Å². The van der Waals surface area contributed by atoms with E-state index in [9.17, 15) is 14.9 Å². The first-order valence-electron chi connectivity index (χ1n) is 7.30. The summed E-state index contributed by atoms with van der Waals surface area (Å²) in [6, 6.07) is 14.0. The number of nitro groups is 1. The highest BCUT2D eigenvalue weighted by Gasteiger charge is 2.18. The van der Waals surface area contributed by atoms with Gasteiger partial charge in [-0.1, -0.05) is 30.3 Å². The summed E-state index contributed by atoms with van der Waals surface area (Å²) in [5, 5.41) is 11.2. The Bertz CT molecular complexity index is 755. The van der Waals surface area contributed by atoms with Crippen LogP contribution in [-0.2, 0) is 11.4 Å². The molecule has 0 radical (unpaired) electrons. The average Bonchev–Trinajstić information content (AvgIpc) is 2.58. The second kappa shape index (κ2) is 7.92. The summed E-state index contributed by atoms with van der Waals surface area (Å²) in [4.78, 5) is 23.7. The van der Waals surface area contributed by atoms with Crippen molar-refractivity contribution in [2.75, 3.05) is 14.1 Å². The second-order valence-electron chi connectivity index (χ2n) is 5.38. The van der Waals surface area contributed by atoms with Crippen LogP contribution in [0.2, 0.25) is 0 Å². The van der Waals surface area contributed by atoms with E-state index < -0.39 is 4.92 Å². The molecule has 2 rings (SSSR count). The average molecular weight is 326 g/mol. The topological polar surface area (TPSA) is 72.7 Å². The molecule has 0 saturated heterocycles. The maximum Gasteiger partial charge on any atom is 0.277 e. The summed E-state index contributed by atoms with van der Waals surface area (Å²) >= 11 is 0. The van der Waals surface area contributed by atoms with Gasteiger partial charge in [0.1, 0.15) is 12.4 Å². The molecule has 124 valence electrons. The van der Waals surface area contributed by atoms with Crippen molar-refractivity contribution >= 4 is 17.5 Å². The maximum atomic E-state index is 11.3. The van der Waals surface area contributed by atoms with Crippen LogP contribution in [0.3, 0.4) is 0 Å². The first-order valence-corrected chi connectivity index (χ1v) is 7.30. The zero-order valence-corrected chi connectivity index (χ0v) is 13.5. The summed E-state index contributed by atoms with van der Waals surface area (Å²) in [6.07, 6.45) is 2.14. The van der Waals surface area contributed by atoms with Crippen molar-refractivity contribution in [1.29, 1.82) is 0 Å². The summed E-state index contributed by atoms with van der Waals surface area (Å²) in [6.45, 7) is 0.339. The number of nitrogens with zero attached hydrogens (tertiary/aromatic N) is 2. The molecule has 0 atom stereocenters. The number of aldehydes is 1. The first kappa shape index (κ1) is 17.2. The van der Waals surface area contributed by atoms with Gasteiger partial charge in [-0.3, -0.25) is 14.9 Å². The standard InChI is InChI=1S/C18H18N2O4/c1-19(2)11-15(12-21)17-10-16(8-9-18(17)20(22)23)24-13-14-6-4-3-5-7-14/h3-12H,13H2,1-2H3/b15-11-. The van der Waals surface area contributed by atoms with Crippen LogP contribution in [-0.4, -0.2) is 30.2 Å². The van der Waals surface area contributed by atoms with Gasteiger partial charge < -0.3 is 9.64 Å². The molecule has 0 unspecified atom stereocenters. The lowest BCUT2D eigenvalue weighted by Crippen LogP contribution is -2.05. The fourth-order valence-electron chi connectivity index (χ4n) is 2.18. The predicted octanol–water partition coefficient (Wildman–Crippen LogP) is 3.28. The monoisotopic (exact) mass is 326 g/mol. The largest absolute Gasteiger partial charge is 0.489 e. The Morgan fingerprint density at radius 2 is 1.92 bits per heavy atom. The molecule has 0 aliphatic rings. The molecule has 24 heavy (non-hydrogen) atoms. The van der Waals surface area contributed by atoms with E-state index in [2.05, 4.69) is 0 Å². The number of carbonyl (C=O) groups excluding carboxylic acids is 1. The van der Waals surface area contributed by atoms with E-state index in [1.165, 1.54) is 24.4 Å². The van der Waals surface area contributed by atoms with Gasteiger partial charge in [-0.15, -0.1) is 0 Å². The Morgan fingerprint density at radius 3 is 2.50 bits per heavy atom. The van der Waals surface area contributed by atoms with Crippen LogP contribution in [0.5, 0.6) is 5.75 Å². The molecular weight excluding hydrogens is 308 g/mol. The van der Waals surface area contributed by atoms with Crippen molar-refractivity contribution in [3.8, 4) is 5.75 Å². The van der Waals surface area contributed by atoms with Crippen molar-refractivity contribution in [2.24, 2.45) is 0 Å². The molecule has 0 aliphatic heterocycles. The molecule has 0 N–H and O–H groups in total. The molecule has 6 nitrogen and oxygen atoms in total. The summed E-state index contributed by atoms with van der Waals surface area (Å²) < 4.78 is 5.69. The van der Waals surface area contributed by atoms with Gasteiger partial charge in [-0.25, -0.2) is 0 Å². The fraction of sp³-hybridized carbons (Fsp3) is 0.167. The van der Waals surface area contributed by atoms with E-state index in [4.69, 9.17) is 4.74 Å². The predicted molar refractivity (Wildman–Crippen MR) is 91.6 cm³/mol. The number of hydrogen-bond donors (Lipinski definition) is 0. The van der Waals surface area contributed by atoms with Gasteiger partial charge in [0, 0.05) is 31.9 Å². The number of allylic oxidation sites excluding steroid dienone is 1. The SMILES string of the molecule is CN(C)/C=C(/C=O)c1cc(OCc2ccccc2)ccc1[N+](=O)[O-]. The summed E-state index contributed by atoms with van der Waals surface area (Å²) in [5.41, 5.74) is 1.30. The van der Waals surface area contributed by atoms with E-state index in [-0.39, 0.29) is 16.8 Å². The third kappa shape index (κ3) is 4.42. The van der Waals surface area contributed by atoms with Crippen molar-refractivity contribution < 1.29 is 14.5 Å². The Hall–Kier alpha value is -3.15. The normalized spacial score (nSPS) is 11.0. The molecule has 6 heteroatoms. The van der Waals surface area contributed by atoms with Crippen molar-refractivity contribution in [3.05, 3.63) is 76.0 Å². The molecular formula is C18H18N2O4. The number of nitro benzene ring substituents is 1. The van der Waals surface area contributed by atoms with Gasteiger partial charge in [0.2, 0.25) is 0 Å². The molecule has 2 aromatic rings. The molecule has 0 saturated carbocycles. The lowest BCUT2D eigenvalue weighted by molar-refractivity contribution is -0.385. The Morgan fingerprint density at radius 1 is 1.21 bits per heavy atom. The smallest absolute Gasteiger partial charge is 0.277 e. The molecule has 0 amide bonds. The van der Waals surface area contributed by atoms with Gasteiger partial charge in [0.25, 0.3) is 5.69 Å². The lowest BCUT2D eigenvalue weighted by atomic mass is 10.1. The molecule has 0 fully saturated rings. The second-order valence-corrected chi connectivity index (χ2v) is 5.38. The van der Waals surface area contributed by atoms with E-state index in [0.717, 1.165) is 5.56 Å². The van der Waals surface area contributed by atoms with Gasteiger partial charge in [0.15, 0.2) is 6.29 Å². The highest BCUT2D eigenvalue weighted by atomic mass is 16.6. The van der Waals surface area contributed by atoms with Crippen LogP contribution in [0.1, 0.15) is 11.1 Å². The lowest BCUT2D eigenvalue weighted by Gasteiger charge is -2.11. The zero-order valence-electron chi connectivity index (χ0n) is 13.5. The third-order valence-corrected chi connectivity index (χ3v) is 3.25. The molecule has 0 aromatic heterocycles. The van der Waals surface area contributed by atoms with Crippen LogP contribution in [0.15, 0.2) is 54.7 Å². The van der Waals surface area contributed by atoms with Gasteiger partial charge >= 0.3 is 0 Å². The minimum atomic E-state index is -0.511. The zero-order chi connectivity index (χ0) is 17.5. The summed E-state index contributed by atoms with van der Waals surface area (Å²) in [7, 11) is 3.48. The van der Waals surface area contributed by atoms with E-state index in [1.54, 1.807) is 19.0 Å². The van der Waals surface area contributed by atoms with Gasteiger partial charge in [-0.2, -0.15) is 0 Å². The first-order chi connectivity index (χ1) is 11.5. The Labute approximate surface area is 140 Å². The van der Waals surface area contributed by atoms with Crippen molar-refractivity contribution in [3.63, 3.8) is 0 Å². The van der Waals surface area contributed by atoms with Gasteiger partial charge in [-0.05, 0) is 17.7 Å². The van der Waals surface area contributed by atoms with Crippen LogP contribution >= 0.6 is 0 Å². The van der Waals surface area contributed by atoms with Crippen LogP contribution in [0.25, 0.3) is 5.57 Å². The fourth-order valence-corrected chi connectivity index (χ4v) is 2.18.